The summed E-state index contributed by atoms with van der Waals surface area (Å²) in [6.07, 6.45) is 0. The third-order valence-corrected chi connectivity index (χ3v) is 7.58. The first-order chi connectivity index (χ1) is 17.5. The number of carbonyl (C=O) groups is 1. The fourth-order valence-electron chi connectivity index (χ4n) is 3.60. The maximum absolute atomic E-state index is 13.5. The molecule has 8 nitrogen and oxygen atoms in total. The molecule has 3 aromatic carbocycles. The Morgan fingerprint density at radius 1 is 0.919 bits per heavy atom. The number of methoxy groups -OCH3 is 2. The number of carbonyl (C=O) groups excluding carboxylic acids is 1. The van der Waals surface area contributed by atoms with Crippen molar-refractivity contribution in [2.75, 3.05) is 25.1 Å². The molecule has 1 N–H and O–H groups in total. The van der Waals surface area contributed by atoms with E-state index in [1.807, 2.05) is 24.3 Å². The second-order valence-corrected chi connectivity index (χ2v) is 11.3. The van der Waals surface area contributed by atoms with Crippen molar-refractivity contribution in [2.24, 2.45) is 5.10 Å². The standard InChI is InChI=1S/C28H33N3O5S/c1-20(21-12-14-22(15-13-21)28(2,3)4)29-30-27(32)19-31(37(33,34)24-10-8-7-9-11-24)23-16-17-25(35-5)26(18-23)36-6/h7-18H,19H2,1-6H3,(H,30,32)/b29-20-. The molecule has 0 aliphatic rings. The van der Waals surface area contributed by atoms with Crippen molar-refractivity contribution < 1.29 is 22.7 Å². The molecule has 0 unspecified atom stereocenters. The molecule has 9 heteroatoms. The molecule has 0 aliphatic carbocycles. The highest BCUT2D eigenvalue weighted by molar-refractivity contribution is 7.92. The maximum atomic E-state index is 13.5. The summed E-state index contributed by atoms with van der Waals surface area (Å²) in [7, 11) is -1.13. The van der Waals surface area contributed by atoms with E-state index in [2.05, 4.69) is 31.3 Å². The van der Waals surface area contributed by atoms with Gasteiger partial charge >= 0.3 is 0 Å². The Hall–Kier alpha value is -3.85. The summed E-state index contributed by atoms with van der Waals surface area (Å²) in [4.78, 5) is 13.0. The van der Waals surface area contributed by atoms with Gasteiger partial charge in [-0.15, -0.1) is 0 Å². The molecule has 0 atom stereocenters. The number of benzene rings is 3. The molecule has 0 heterocycles. The Balaban J connectivity index is 1.88. The van der Waals surface area contributed by atoms with Gasteiger partial charge in [-0.05, 0) is 47.7 Å². The molecular formula is C28H33N3O5S. The minimum Gasteiger partial charge on any atom is -0.493 e. The van der Waals surface area contributed by atoms with Gasteiger partial charge in [0.15, 0.2) is 11.5 Å². The van der Waals surface area contributed by atoms with E-state index >= 15 is 0 Å². The summed E-state index contributed by atoms with van der Waals surface area (Å²) in [6.45, 7) is 7.69. The molecule has 0 saturated carbocycles. The molecule has 0 spiro atoms. The van der Waals surface area contributed by atoms with Crippen molar-refractivity contribution in [3.05, 3.63) is 83.9 Å². The van der Waals surface area contributed by atoms with Crippen molar-refractivity contribution in [1.82, 2.24) is 5.43 Å². The van der Waals surface area contributed by atoms with Gasteiger partial charge in [-0.3, -0.25) is 9.10 Å². The van der Waals surface area contributed by atoms with Crippen LogP contribution in [-0.4, -0.2) is 40.8 Å². The minimum atomic E-state index is -4.08. The van der Waals surface area contributed by atoms with Gasteiger partial charge in [-0.25, -0.2) is 13.8 Å². The third-order valence-electron chi connectivity index (χ3n) is 5.79. The number of anilines is 1. The fourth-order valence-corrected chi connectivity index (χ4v) is 5.04. The number of hydrogen-bond acceptors (Lipinski definition) is 6. The molecule has 196 valence electrons. The van der Waals surface area contributed by atoms with Crippen molar-refractivity contribution >= 4 is 27.3 Å². The summed E-state index contributed by atoms with van der Waals surface area (Å²) in [5, 5.41) is 4.20. The van der Waals surface area contributed by atoms with E-state index in [0.717, 1.165) is 9.87 Å². The van der Waals surface area contributed by atoms with Crippen LogP contribution in [0.1, 0.15) is 38.8 Å². The number of sulfonamides is 1. The molecule has 1 amide bonds. The van der Waals surface area contributed by atoms with Crippen molar-refractivity contribution in [3.8, 4) is 11.5 Å². The van der Waals surface area contributed by atoms with Crippen LogP contribution in [0.3, 0.4) is 0 Å². The van der Waals surface area contributed by atoms with Crippen LogP contribution < -0.4 is 19.2 Å². The highest BCUT2D eigenvalue weighted by Gasteiger charge is 2.28. The predicted molar refractivity (Wildman–Crippen MR) is 146 cm³/mol. The number of rotatable bonds is 9. The minimum absolute atomic E-state index is 0.0234. The molecule has 0 saturated heterocycles. The van der Waals surface area contributed by atoms with Gasteiger partial charge in [-0.2, -0.15) is 5.10 Å². The Kier molecular flexibility index (Phi) is 8.60. The summed E-state index contributed by atoms with van der Waals surface area (Å²) in [6, 6.07) is 20.5. The normalized spacial score (nSPS) is 12.1. The predicted octanol–water partition coefficient (Wildman–Crippen LogP) is 4.74. The molecule has 3 aromatic rings. The van der Waals surface area contributed by atoms with Gasteiger partial charge in [0.25, 0.3) is 15.9 Å². The number of hydrogen-bond donors (Lipinski definition) is 1. The van der Waals surface area contributed by atoms with Crippen LogP contribution in [0.5, 0.6) is 11.5 Å². The summed E-state index contributed by atoms with van der Waals surface area (Å²) < 4.78 is 38.7. The summed E-state index contributed by atoms with van der Waals surface area (Å²) in [5.41, 5.74) is 5.39. The van der Waals surface area contributed by atoms with Crippen LogP contribution in [0.25, 0.3) is 0 Å². The first-order valence-electron chi connectivity index (χ1n) is 11.7. The van der Waals surface area contributed by atoms with Gasteiger partial charge in [0.05, 0.1) is 30.5 Å². The van der Waals surface area contributed by atoms with Crippen molar-refractivity contribution in [3.63, 3.8) is 0 Å². The van der Waals surface area contributed by atoms with Crippen molar-refractivity contribution in [2.45, 2.75) is 38.0 Å². The summed E-state index contributed by atoms with van der Waals surface area (Å²) >= 11 is 0. The summed E-state index contributed by atoms with van der Waals surface area (Å²) in [5.74, 6) is 0.173. The van der Waals surface area contributed by atoms with Crippen LogP contribution >= 0.6 is 0 Å². The monoisotopic (exact) mass is 523 g/mol. The van der Waals surface area contributed by atoms with E-state index < -0.39 is 22.5 Å². The highest BCUT2D eigenvalue weighted by atomic mass is 32.2. The Morgan fingerprint density at radius 2 is 1.54 bits per heavy atom. The fraction of sp³-hybridized carbons (Fsp3) is 0.286. The smallest absolute Gasteiger partial charge is 0.264 e. The topological polar surface area (TPSA) is 97.3 Å². The van der Waals surface area contributed by atoms with Gasteiger partial charge in [0.1, 0.15) is 6.54 Å². The Morgan fingerprint density at radius 3 is 2.11 bits per heavy atom. The molecule has 0 bridgehead atoms. The first kappa shape index (κ1) is 27.7. The molecule has 3 rings (SSSR count). The lowest BCUT2D eigenvalue weighted by Gasteiger charge is -2.24. The van der Waals surface area contributed by atoms with Gasteiger partial charge in [0.2, 0.25) is 0 Å². The second-order valence-electron chi connectivity index (χ2n) is 9.42. The molecule has 0 aromatic heterocycles. The third kappa shape index (κ3) is 6.68. The zero-order valence-electron chi connectivity index (χ0n) is 22.0. The van der Waals surface area contributed by atoms with E-state index in [1.54, 1.807) is 37.3 Å². The van der Waals surface area contributed by atoms with Gasteiger partial charge < -0.3 is 9.47 Å². The van der Waals surface area contributed by atoms with Gasteiger partial charge in [-0.1, -0.05) is 63.2 Å². The van der Waals surface area contributed by atoms with E-state index in [-0.39, 0.29) is 16.0 Å². The Labute approximate surface area is 219 Å². The first-order valence-corrected chi connectivity index (χ1v) is 13.1. The maximum Gasteiger partial charge on any atom is 0.264 e. The number of amides is 1. The molecule has 0 aliphatic heterocycles. The zero-order chi connectivity index (χ0) is 27.2. The molecule has 0 fully saturated rings. The SMILES string of the molecule is COc1ccc(N(CC(=O)N/N=C(/C)c2ccc(C(C)(C)C)cc2)S(=O)(=O)c2ccccc2)cc1OC. The van der Waals surface area contributed by atoms with Crippen LogP contribution in [0.2, 0.25) is 0 Å². The Bertz CT molecular complexity index is 1360. The average Bonchev–Trinajstić information content (AvgIpc) is 2.90. The van der Waals surface area contributed by atoms with E-state index in [9.17, 15) is 13.2 Å². The van der Waals surface area contributed by atoms with E-state index in [4.69, 9.17) is 9.47 Å². The van der Waals surface area contributed by atoms with Gasteiger partial charge in [0, 0.05) is 6.07 Å². The van der Waals surface area contributed by atoms with E-state index in [0.29, 0.717) is 17.2 Å². The second kappa shape index (κ2) is 11.5. The molecule has 0 radical (unpaired) electrons. The number of nitrogens with zero attached hydrogens (tertiary/aromatic N) is 2. The van der Waals surface area contributed by atoms with Crippen LogP contribution in [0.4, 0.5) is 5.69 Å². The number of hydrazone groups is 1. The number of ether oxygens (including phenoxy) is 2. The lowest BCUT2D eigenvalue weighted by Crippen LogP contribution is -2.39. The highest BCUT2D eigenvalue weighted by Crippen LogP contribution is 2.33. The lowest BCUT2D eigenvalue weighted by molar-refractivity contribution is -0.119. The quantitative estimate of drug-likeness (QED) is 0.323. The van der Waals surface area contributed by atoms with Crippen molar-refractivity contribution in [1.29, 1.82) is 0 Å². The molecule has 37 heavy (non-hydrogen) atoms. The van der Waals surface area contributed by atoms with E-state index in [1.165, 1.54) is 38.0 Å². The lowest BCUT2D eigenvalue weighted by atomic mass is 9.86. The van der Waals surface area contributed by atoms with Crippen LogP contribution in [0, 0.1) is 0 Å². The largest absolute Gasteiger partial charge is 0.493 e. The molecular weight excluding hydrogens is 490 g/mol. The zero-order valence-corrected chi connectivity index (χ0v) is 22.8. The number of nitrogens with one attached hydrogen (secondary N) is 1. The van der Waals surface area contributed by atoms with Crippen LogP contribution in [-0.2, 0) is 20.2 Å². The average molecular weight is 524 g/mol. The van der Waals surface area contributed by atoms with Crippen LogP contribution in [0.15, 0.2) is 82.8 Å².